The maximum atomic E-state index is 13.0. The van der Waals surface area contributed by atoms with Gasteiger partial charge in [-0.05, 0) is 61.4 Å². The zero-order chi connectivity index (χ0) is 33.0. The number of carbonyl (C=O) groups is 3. The fourth-order valence-electron chi connectivity index (χ4n) is 5.59. The molecular formula is C37H52ClNO6. The summed E-state index contributed by atoms with van der Waals surface area (Å²) in [7, 11) is 1.54. The normalized spacial score (nSPS) is 10.8. The van der Waals surface area contributed by atoms with Gasteiger partial charge < -0.3 is 14.9 Å². The van der Waals surface area contributed by atoms with Gasteiger partial charge in [-0.25, -0.2) is 0 Å². The Kier molecular flexibility index (Phi) is 18.0. The molecule has 0 fully saturated rings. The van der Waals surface area contributed by atoms with E-state index in [1.165, 1.54) is 88.0 Å². The van der Waals surface area contributed by atoms with E-state index in [2.05, 4.69) is 6.92 Å². The van der Waals surface area contributed by atoms with E-state index in [0.29, 0.717) is 44.9 Å². The first kappa shape index (κ1) is 37.9. The second kappa shape index (κ2) is 21.4. The van der Waals surface area contributed by atoms with Gasteiger partial charge in [-0.3, -0.25) is 19.0 Å². The molecule has 0 radical (unpaired) electrons. The minimum absolute atomic E-state index is 0.170. The molecule has 2 N–H and O–H groups in total. The van der Waals surface area contributed by atoms with Gasteiger partial charge in [0, 0.05) is 28.1 Å². The van der Waals surface area contributed by atoms with Gasteiger partial charge in [-0.1, -0.05) is 108 Å². The summed E-state index contributed by atoms with van der Waals surface area (Å²) in [5, 5.41) is 19.0. The average Bonchev–Trinajstić information content (AvgIpc) is 3.28. The molecule has 45 heavy (non-hydrogen) atoms. The molecule has 0 bridgehead atoms. The lowest BCUT2D eigenvalue weighted by Crippen LogP contribution is -2.14. The van der Waals surface area contributed by atoms with Gasteiger partial charge in [0.05, 0.1) is 19.0 Å². The minimum Gasteiger partial charge on any atom is -0.497 e. The van der Waals surface area contributed by atoms with Crippen LogP contribution in [0.5, 0.6) is 5.75 Å². The summed E-state index contributed by atoms with van der Waals surface area (Å²) < 4.78 is 6.77. The van der Waals surface area contributed by atoms with Crippen molar-refractivity contribution in [1.29, 1.82) is 0 Å². The van der Waals surface area contributed by atoms with Crippen LogP contribution in [0.2, 0.25) is 5.02 Å². The van der Waals surface area contributed by atoms with Gasteiger partial charge in [0.2, 0.25) is 0 Å². The van der Waals surface area contributed by atoms with Gasteiger partial charge in [-0.15, -0.1) is 0 Å². The van der Waals surface area contributed by atoms with Crippen molar-refractivity contribution < 1.29 is 29.3 Å². The minimum atomic E-state index is -0.955. The number of halogens is 1. The molecule has 8 heteroatoms. The Labute approximate surface area is 273 Å². The first-order valence-electron chi connectivity index (χ1n) is 16.6. The highest BCUT2D eigenvalue weighted by Crippen LogP contribution is 2.31. The maximum Gasteiger partial charge on any atom is 0.307 e. The van der Waals surface area contributed by atoms with Crippen molar-refractivity contribution in [2.24, 2.45) is 0 Å². The van der Waals surface area contributed by atoms with Crippen molar-refractivity contribution in [3.63, 3.8) is 0 Å². The number of fused-ring (bicyclic) bond motifs is 1. The van der Waals surface area contributed by atoms with E-state index in [9.17, 15) is 19.5 Å². The molecule has 0 spiro atoms. The summed E-state index contributed by atoms with van der Waals surface area (Å²) in [6, 6.07) is 11.9. The van der Waals surface area contributed by atoms with Crippen LogP contribution in [-0.2, 0) is 16.0 Å². The lowest BCUT2D eigenvalue weighted by atomic mass is 10.0. The number of carbonyl (C=O) groups excluding carboxylic acids is 1. The molecule has 0 aliphatic carbocycles. The first-order chi connectivity index (χ1) is 21.7. The van der Waals surface area contributed by atoms with Gasteiger partial charge in [0.15, 0.2) is 0 Å². The quantitative estimate of drug-likeness (QED) is 0.119. The van der Waals surface area contributed by atoms with Crippen molar-refractivity contribution in [3.8, 4) is 5.75 Å². The molecule has 0 amide bonds. The maximum absolute atomic E-state index is 13.0. The van der Waals surface area contributed by atoms with E-state index in [0.717, 1.165) is 12.8 Å². The summed E-state index contributed by atoms with van der Waals surface area (Å²) in [6.07, 6.45) is 20.0. The van der Waals surface area contributed by atoms with Gasteiger partial charge in [-0.2, -0.15) is 0 Å². The zero-order valence-electron chi connectivity index (χ0n) is 27.4. The second-order valence-electron chi connectivity index (χ2n) is 11.8. The topological polar surface area (TPSA) is 106 Å². The summed E-state index contributed by atoms with van der Waals surface area (Å²) in [6.45, 7) is 4.02. The third-order valence-electron chi connectivity index (χ3n) is 8.16. The number of carboxylic acid groups (broad SMARTS) is 2. The van der Waals surface area contributed by atoms with E-state index < -0.39 is 11.9 Å². The summed E-state index contributed by atoms with van der Waals surface area (Å²) in [5.41, 5.74) is 2.32. The predicted octanol–water partition coefficient (Wildman–Crippen LogP) is 10.3. The highest BCUT2D eigenvalue weighted by atomic mass is 35.5. The summed E-state index contributed by atoms with van der Waals surface area (Å²) >= 11 is 5.89. The van der Waals surface area contributed by atoms with Crippen LogP contribution in [0.4, 0.5) is 0 Å². The number of nitrogens with zero attached hydrogens (tertiary/aromatic N) is 1. The van der Waals surface area contributed by atoms with Crippen LogP contribution in [0.25, 0.3) is 10.9 Å². The van der Waals surface area contributed by atoms with Gasteiger partial charge >= 0.3 is 11.9 Å². The SMILES string of the molecule is CCCCCCCCCCCCCCCCCC(=O)O.COc1ccc2c(c1)c(CC(=O)O)c(C)n2C(=O)c1ccc(Cl)cc1. The number of hydrogen-bond acceptors (Lipinski definition) is 4. The fraction of sp³-hybridized carbons (Fsp3) is 0.541. The van der Waals surface area contributed by atoms with Crippen LogP contribution in [0.1, 0.15) is 131 Å². The molecule has 0 aliphatic heterocycles. The number of carboxylic acids is 2. The fourth-order valence-corrected chi connectivity index (χ4v) is 5.72. The summed E-state index contributed by atoms with van der Waals surface area (Å²) in [5.74, 6) is -1.24. The van der Waals surface area contributed by atoms with E-state index in [1.54, 1.807) is 56.5 Å². The Balaban J connectivity index is 0.000000324. The first-order valence-corrected chi connectivity index (χ1v) is 17.0. The Morgan fingerprint density at radius 1 is 0.733 bits per heavy atom. The van der Waals surface area contributed by atoms with Crippen molar-refractivity contribution >= 4 is 40.3 Å². The van der Waals surface area contributed by atoms with Crippen LogP contribution < -0.4 is 4.74 Å². The van der Waals surface area contributed by atoms with Crippen molar-refractivity contribution in [3.05, 3.63) is 64.3 Å². The standard InChI is InChI=1S/C19H16ClNO4.C18H36O2/c1-11-15(10-18(22)23)16-9-14(25-2)7-8-17(16)21(11)19(24)12-3-5-13(20)6-4-12;1-2-3-4-5-6-7-8-9-10-11-12-13-14-15-16-17-18(19)20/h3-9H,10H2,1-2H3,(H,22,23);2-17H2,1H3,(H,19,20). The Morgan fingerprint density at radius 2 is 1.24 bits per heavy atom. The van der Waals surface area contributed by atoms with E-state index in [1.807, 2.05) is 0 Å². The van der Waals surface area contributed by atoms with Crippen molar-refractivity contribution in [2.45, 2.75) is 123 Å². The van der Waals surface area contributed by atoms with Crippen molar-refractivity contribution in [1.82, 2.24) is 4.57 Å². The summed E-state index contributed by atoms with van der Waals surface area (Å²) in [4.78, 5) is 34.6. The lowest BCUT2D eigenvalue weighted by Gasteiger charge is -2.08. The van der Waals surface area contributed by atoms with E-state index >= 15 is 0 Å². The molecule has 0 saturated carbocycles. The molecular weight excluding hydrogens is 590 g/mol. The van der Waals surface area contributed by atoms with Crippen LogP contribution in [-0.4, -0.2) is 39.7 Å². The smallest absolute Gasteiger partial charge is 0.307 e. The molecule has 1 aromatic heterocycles. The lowest BCUT2D eigenvalue weighted by molar-refractivity contribution is -0.137. The average molecular weight is 642 g/mol. The molecule has 7 nitrogen and oxygen atoms in total. The largest absolute Gasteiger partial charge is 0.497 e. The number of rotatable bonds is 20. The second-order valence-corrected chi connectivity index (χ2v) is 12.2. The molecule has 248 valence electrons. The molecule has 3 aromatic rings. The number of methoxy groups -OCH3 is 1. The zero-order valence-corrected chi connectivity index (χ0v) is 28.2. The number of aliphatic carboxylic acids is 2. The molecule has 2 aromatic carbocycles. The molecule has 0 saturated heterocycles. The Bertz CT molecular complexity index is 1330. The number of aromatic nitrogens is 1. The van der Waals surface area contributed by atoms with Crippen LogP contribution in [0, 0.1) is 6.92 Å². The predicted molar refractivity (Wildman–Crippen MR) is 183 cm³/mol. The third kappa shape index (κ3) is 13.7. The Morgan fingerprint density at radius 3 is 1.71 bits per heavy atom. The van der Waals surface area contributed by atoms with Crippen molar-refractivity contribution in [2.75, 3.05) is 7.11 Å². The molecule has 3 rings (SSSR count). The molecule has 1 heterocycles. The van der Waals surface area contributed by atoms with E-state index in [4.69, 9.17) is 21.4 Å². The highest BCUT2D eigenvalue weighted by Gasteiger charge is 2.21. The Hall–Kier alpha value is -3.32. The monoisotopic (exact) mass is 641 g/mol. The third-order valence-corrected chi connectivity index (χ3v) is 8.41. The van der Waals surface area contributed by atoms with Crippen LogP contribution >= 0.6 is 11.6 Å². The number of unbranched alkanes of at least 4 members (excludes halogenated alkanes) is 14. The van der Waals surface area contributed by atoms with E-state index in [-0.39, 0.29) is 12.3 Å². The molecule has 0 unspecified atom stereocenters. The number of hydrogen-bond donors (Lipinski definition) is 2. The van der Waals surface area contributed by atoms with Gasteiger partial charge in [0.1, 0.15) is 5.75 Å². The number of ether oxygens (including phenoxy) is 1. The molecule has 0 atom stereocenters. The van der Waals surface area contributed by atoms with Crippen LogP contribution in [0.15, 0.2) is 42.5 Å². The molecule has 0 aliphatic rings. The van der Waals surface area contributed by atoms with Crippen LogP contribution in [0.3, 0.4) is 0 Å². The number of benzene rings is 2. The van der Waals surface area contributed by atoms with Gasteiger partial charge in [0.25, 0.3) is 5.91 Å². The highest BCUT2D eigenvalue weighted by molar-refractivity contribution is 6.30.